The van der Waals surface area contributed by atoms with Crippen molar-refractivity contribution in [3.8, 4) is 33.9 Å². The summed E-state index contributed by atoms with van der Waals surface area (Å²) in [5.41, 5.74) is 3.49. The van der Waals surface area contributed by atoms with Gasteiger partial charge in [0.15, 0.2) is 0 Å². The molecule has 0 fully saturated rings. The maximum absolute atomic E-state index is 10.1. The smallest absolute Gasteiger partial charge is 0.125 e. The molecular formula is C17H16N2O2. The fourth-order valence-corrected chi connectivity index (χ4v) is 2.34. The van der Waals surface area contributed by atoms with E-state index in [1.54, 1.807) is 23.9 Å². The van der Waals surface area contributed by atoms with E-state index in [9.17, 15) is 5.11 Å². The van der Waals surface area contributed by atoms with Gasteiger partial charge in [-0.25, -0.2) is 0 Å². The first-order valence-electron chi connectivity index (χ1n) is 6.65. The molecule has 0 aliphatic carbocycles. The second-order valence-corrected chi connectivity index (χ2v) is 4.81. The van der Waals surface area contributed by atoms with Gasteiger partial charge in [0.25, 0.3) is 0 Å². The van der Waals surface area contributed by atoms with Crippen molar-refractivity contribution < 1.29 is 9.84 Å². The van der Waals surface area contributed by atoms with E-state index in [0.717, 1.165) is 28.1 Å². The van der Waals surface area contributed by atoms with Crippen LogP contribution in [0, 0.1) is 0 Å². The molecule has 1 heterocycles. The summed E-state index contributed by atoms with van der Waals surface area (Å²) in [5, 5.41) is 14.5. The third-order valence-corrected chi connectivity index (χ3v) is 3.39. The van der Waals surface area contributed by atoms with Crippen molar-refractivity contribution in [1.29, 1.82) is 0 Å². The highest BCUT2D eigenvalue weighted by atomic mass is 16.5. The minimum absolute atomic E-state index is 0.228. The first-order valence-corrected chi connectivity index (χ1v) is 6.65. The van der Waals surface area contributed by atoms with Crippen molar-refractivity contribution in [2.24, 2.45) is 7.05 Å². The van der Waals surface area contributed by atoms with Crippen molar-refractivity contribution in [2.75, 3.05) is 7.11 Å². The van der Waals surface area contributed by atoms with Gasteiger partial charge in [0, 0.05) is 24.4 Å². The van der Waals surface area contributed by atoms with Crippen molar-refractivity contribution in [2.45, 2.75) is 0 Å². The van der Waals surface area contributed by atoms with E-state index in [1.165, 1.54) is 0 Å². The first kappa shape index (κ1) is 13.2. The Morgan fingerprint density at radius 2 is 1.71 bits per heavy atom. The van der Waals surface area contributed by atoms with Gasteiger partial charge in [-0.2, -0.15) is 5.10 Å². The zero-order valence-corrected chi connectivity index (χ0v) is 11.9. The summed E-state index contributed by atoms with van der Waals surface area (Å²) in [7, 11) is 3.52. The van der Waals surface area contributed by atoms with Crippen LogP contribution in [0.5, 0.6) is 11.5 Å². The molecule has 3 aromatic rings. The predicted molar refractivity (Wildman–Crippen MR) is 82.3 cm³/mol. The Labute approximate surface area is 123 Å². The largest absolute Gasteiger partial charge is 0.507 e. The maximum Gasteiger partial charge on any atom is 0.125 e. The molecule has 0 atom stereocenters. The van der Waals surface area contributed by atoms with Crippen molar-refractivity contribution in [3.63, 3.8) is 0 Å². The first-order chi connectivity index (χ1) is 10.2. The highest BCUT2D eigenvalue weighted by Crippen LogP contribution is 2.35. The van der Waals surface area contributed by atoms with E-state index < -0.39 is 0 Å². The van der Waals surface area contributed by atoms with Crippen LogP contribution in [0.4, 0.5) is 0 Å². The van der Waals surface area contributed by atoms with Crippen LogP contribution in [0.1, 0.15) is 0 Å². The topological polar surface area (TPSA) is 47.3 Å². The van der Waals surface area contributed by atoms with Crippen molar-refractivity contribution in [3.05, 3.63) is 54.7 Å². The van der Waals surface area contributed by atoms with Gasteiger partial charge < -0.3 is 9.84 Å². The van der Waals surface area contributed by atoms with Crippen LogP contribution in [-0.2, 0) is 7.05 Å². The molecule has 0 saturated heterocycles. The summed E-state index contributed by atoms with van der Waals surface area (Å²) in [4.78, 5) is 0. The molecule has 4 nitrogen and oxygen atoms in total. The van der Waals surface area contributed by atoms with E-state index in [-0.39, 0.29) is 5.75 Å². The van der Waals surface area contributed by atoms with Gasteiger partial charge in [0.2, 0.25) is 0 Å². The second-order valence-electron chi connectivity index (χ2n) is 4.81. The molecule has 21 heavy (non-hydrogen) atoms. The Balaban J connectivity index is 2.13. The molecule has 1 aromatic heterocycles. The highest BCUT2D eigenvalue weighted by Gasteiger charge is 2.14. The Morgan fingerprint density at radius 1 is 1.00 bits per heavy atom. The number of methoxy groups -OCH3 is 1. The van der Waals surface area contributed by atoms with Crippen LogP contribution < -0.4 is 4.74 Å². The fraction of sp³-hybridized carbons (Fsp3) is 0.118. The third-order valence-electron chi connectivity index (χ3n) is 3.39. The Bertz CT molecular complexity index is 761. The molecule has 0 unspecified atom stereocenters. The number of phenolic OH excluding ortho intramolecular Hbond substituents is 1. The zero-order chi connectivity index (χ0) is 14.8. The number of hydrogen-bond donors (Lipinski definition) is 1. The number of benzene rings is 2. The quantitative estimate of drug-likeness (QED) is 0.799. The number of nitrogens with zero attached hydrogens (tertiary/aromatic N) is 2. The number of hydrogen-bond acceptors (Lipinski definition) is 3. The number of aryl methyl sites for hydroxylation is 1. The summed E-state index contributed by atoms with van der Waals surface area (Å²) >= 11 is 0. The minimum Gasteiger partial charge on any atom is -0.507 e. The molecule has 0 spiro atoms. The lowest BCUT2D eigenvalue weighted by Gasteiger charge is -2.06. The van der Waals surface area contributed by atoms with E-state index in [4.69, 9.17) is 4.74 Å². The average molecular weight is 280 g/mol. The SMILES string of the molecule is COc1ccc(-c2cn(C)nc2-c2ccccc2O)cc1. The second kappa shape index (κ2) is 5.32. The Morgan fingerprint density at radius 3 is 2.38 bits per heavy atom. The lowest BCUT2D eigenvalue weighted by atomic mass is 10.0. The minimum atomic E-state index is 0.228. The molecule has 106 valence electrons. The number of ether oxygens (including phenoxy) is 1. The normalized spacial score (nSPS) is 10.6. The molecule has 0 bridgehead atoms. The zero-order valence-electron chi connectivity index (χ0n) is 11.9. The van der Waals surface area contributed by atoms with E-state index >= 15 is 0 Å². The van der Waals surface area contributed by atoms with Crippen LogP contribution in [-0.4, -0.2) is 22.0 Å². The molecule has 2 aromatic carbocycles. The number of rotatable bonds is 3. The molecule has 0 amide bonds. The molecule has 3 rings (SSSR count). The monoisotopic (exact) mass is 280 g/mol. The molecular weight excluding hydrogens is 264 g/mol. The summed E-state index contributed by atoms with van der Waals surface area (Å²) in [5.74, 6) is 1.04. The van der Waals surface area contributed by atoms with Crippen molar-refractivity contribution >= 4 is 0 Å². The lowest BCUT2D eigenvalue weighted by Crippen LogP contribution is -1.88. The van der Waals surface area contributed by atoms with Gasteiger partial charge in [-0.3, -0.25) is 4.68 Å². The molecule has 0 aliphatic heterocycles. The Kier molecular flexibility index (Phi) is 3.36. The van der Waals surface area contributed by atoms with E-state index in [1.807, 2.05) is 49.6 Å². The summed E-state index contributed by atoms with van der Waals surface area (Å²) in [6.07, 6.45) is 1.95. The van der Waals surface area contributed by atoms with E-state index in [0.29, 0.717) is 0 Å². The molecule has 0 aliphatic rings. The Hall–Kier alpha value is -2.75. The van der Waals surface area contributed by atoms with E-state index in [2.05, 4.69) is 5.10 Å². The standard InChI is InChI=1S/C17H16N2O2/c1-19-11-15(12-7-9-13(21-2)10-8-12)17(18-19)14-5-3-4-6-16(14)20/h3-11,20H,1-2H3. The molecule has 0 radical (unpaired) electrons. The average Bonchev–Trinajstić information content (AvgIpc) is 2.89. The van der Waals surface area contributed by atoms with Gasteiger partial charge in [-0.05, 0) is 29.8 Å². The van der Waals surface area contributed by atoms with Crippen LogP contribution in [0.25, 0.3) is 22.4 Å². The third kappa shape index (κ3) is 2.48. The number of aromatic nitrogens is 2. The number of aromatic hydroxyl groups is 1. The van der Waals surface area contributed by atoms with Gasteiger partial charge >= 0.3 is 0 Å². The lowest BCUT2D eigenvalue weighted by molar-refractivity contribution is 0.415. The van der Waals surface area contributed by atoms with Gasteiger partial charge in [0.1, 0.15) is 17.2 Å². The molecule has 1 N–H and O–H groups in total. The van der Waals surface area contributed by atoms with Gasteiger partial charge in [-0.15, -0.1) is 0 Å². The fourth-order valence-electron chi connectivity index (χ4n) is 2.34. The van der Waals surface area contributed by atoms with Crippen LogP contribution in [0.2, 0.25) is 0 Å². The van der Waals surface area contributed by atoms with Gasteiger partial charge in [0.05, 0.1) is 7.11 Å². The molecule has 4 heteroatoms. The summed E-state index contributed by atoms with van der Waals surface area (Å²) in [6, 6.07) is 15.0. The van der Waals surface area contributed by atoms with Crippen LogP contribution >= 0.6 is 0 Å². The predicted octanol–water partition coefficient (Wildman–Crippen LogP) is 3.47. The number of para-hydroxylation sites is 1. The summed E-state index contributed by atoms with van der Waals surface area (Å²) < 4.78 is 6.93. The van der Waals surface area contributed by atoms with Crippen LogP contribution in [0.3, 0.4) is 0 Å². The van der Waals surface area contributed by atoms with Crippen molar-refractivity contribution in [1.82, 2.24) is 9.78 Å². The van der Waals surface area contributed by atoms with Crippen LogP contribution in [0.15, 0.2) is 54.7 Å². The molecule has 0 saturated carbocycles. The number of phenols is 1. The highest BCUT2D eigenvalue weighted by molar-refractivity contribution is 5.83. The summed E-state index contributed by atoms with van der Waals surface area (Å²) in [6.45, 7) is 0. The van der Waals surface area contributed by atoms with Gasteiger partial charge in [-0.1, -0.05) is 24.3 Å². The maximum atomic E-state index is 10.1.